The van der Waals surface area contributed by atoms with Gasteiger partial charge in [0, 0.05) is 18.8 Å². The second kappa shape index (κ2) is 7.14. The number of imidazole rings is 1. The van der Waals surface area contributed by atoms with E-state index in [4.69, 9.17) is 0 Å². The topological polar surface area (TPSA) is 58.5 Å². The number of hydrogen-bond acceptors (Lipinski definition) is 3. The van der Waals surface area contributed by atoms with Crippen LogP contribution in [0.5, 0.6) is 0 Å². The standard InChI is InChI=1S/C21H23N5/c1-15(2)26-11-10-18(25-26)13-22-21(16-6-4-3-5-7-16)17-8-9-19-20(12-17)24-14-23-19/h3-12,14-15,21-22H,13H2,1-2H3,(H,23,24). The van der Waals surface area contributed by atoms with Gasteiger partial charge in [-0.1, -0.05) is 36.4 Å². The van der Waals surface area contributed by atoms with Gasteiger partial charge in [-0.3, -0.25) is 4.68 Å². The molecule has 0 radical (unpaired) electrons. The largest absolute Gasteiger partial charge is 0.345 e. The molecule has 2 aromatic carbocycles. The van der Waals surface area contributed by atoms with Crippen molar-refractivity contribution in [3.8, 4) is 0 Å². The highest BCUT2D eigenvalue weighted by molar-refractivity contribution is 5.75. The minimum Gasteiger partial charge on any atom is -0.345 e. The third kappa shape index (κ3) is 3.39. The van der Waals surface area contributed by atoms with Crippen LogP contribution in [-0.4, -0.2) is 19.7 Å². The fourth-order valence-corrected chi connectivity index (χ4v) is 3.17. The first-order valence-corrected chi connectivity index (χ1v) is 8.96. The van der Waals surface area contributed by atoms with Crippen LogP contribution in [0.3, 0.4) is 0 Å². The summed E-state index contributed by atoms with van der Waals surface area (Å²) in [5.41, 5.74) is 5.51. The first-order chi connectivity index (χ1) is 12.7. The van der Waals surface area contributed by atoms with Crippen LogP contribution in [0.1, 0.15) is 42.8 Å². The second-order valence-electron chi connectivity index (χ2n) is 6.78. The highest BCUT2D eigenvalue weighted by Crippen LogP contribution is 2.25. The lowest BCUT2D eigenvalue weighted by atomic mass is 9.98. The van der Waals surface area contributed by atoms with E-state index in [2.05, 4.69) is 82.8 Å². The van der Waals surface area contributed by atoms with Crippen molar-refractivity contribution < 1.29 is 0 Å². The molecule has 5 heteroatoms. The fraction of sp³-hybridized carbons (Fsp3) is 0.238. The average molecular weight is 345 g/mol. The van der Waals surface area contributed by atoms with Gasteiger partial charge in [0.15, 0.2) is 0 Å². The molecule has 0 saturated carbocycles. The molecule has 4 aromatic rings. The third-order valence-electron chi connectivity index (χ3n) is 4.59. The summed E-state index contributed by atoms with van der Waals surface area (Å²) >= 11 is 0. The van der Waals surface area contributed by atoms with Gasteiger partial charge in [0.2, 0.25) is 0 Å². The molecule has 4 rings (SSSR count). The monoisotopic (exact) mass is 345 g/mol. The number of nitrogens with one attached hydrogen (secondary N) is 2. The molecule has 2 N–H and O–H groups in total. The maximum absolute atomic E-state index is 4.65. The number of H-pyrrole nitrogens is 1. The smallest absolute Gasteiger partial charge is 0.0931 e. The minimum absolute atomic E-state index is 0.0908. The van der Waals surface area contributed by atoms with E-state index in [1.54, 1.807) is 6.33 Å². The molecule has 0 aliphatic heterocycles. The Bertz CT molecular complexity index is 984. The number of rotatable bonds is 6. The number of fused-ring (bicyclic) bond motifs is 1. The molecule has 1 atom stereocenters. The zero-order valence-corrected chi connectivity index (χ0v) is 15.1. The molecule has 0 spiro atoms. The van der Waals surface area contributed by atoms with Crippen LogP contribution in [0.25, 0.3) is 11.0 Å². The summed E-state index contributed by atoms with van der Waals surface area (Å²) in [6.45, 7) is 4.98. The predicted molar refractivity (Wildman–Crippen MR) is 104 cm³/mol. The van der Waals surface area contributed by atoms with Crippen molar-refractivity contribution in [3.05, 3.63) is 83.9 Å². The number of benzene rings is 2. The molecule has 0 aliphatic rings. The Hall–Kier alpha value is -2.92. The van der Waals surface area contributed by atoms with Crippen molar-refractivity contribution in [1.82, 2.24) is 25.1 Å². The Morgan fingerprint density at radius 2 is 1.88 bits per heavy atom. The van der Waals surface area contributed by atoms with Gasteiger partial charge in [0.1, 0.15) is 0 Å². The van der Waals surface area contributed by atoms with Crippen molar-refractivity contribution >= 4 is 11.0 Å². The van der Waals surface area contributed by atoms with Crippen molar-refractivity contribution in [2.24, 2.45) is 0 Å². The number of aromatic amines is 1. The van der Waals surface area contributed by atoms with Crippen LogP contribution in [0.2, 0.25) is 0 Å². The molecule has 5 nitrogen and oxygen atoms in total. The summed E-state index contributed by atoms with van der Waals surface area (Å²) in [6.07, 6.45) is 3.77. The number of nitrogens with zero attached hydrogens (tertiary/aromatic N) is 3. The Morgan fingerprint density at radius 1 is 1.04 bits per heavy atom. The van der Waals surface area contributed by atoms with Gasteiger partial charge in [0.05, 0.1) is 29.1 Å². The van der Waals surface area contributed by atoms with Crippen LogP contribution in [-0.2, 0) is 6.54 Å². The highest BCUT2D eigenvalue weighted by Gasteiger charge is 2.15. The molecule has 0 amide bonds. The molecule has 0 saturated heterocycles. The molecule has 1 unspecified atom stereocenters. The Labute approximate surface area is 153 Å². The lowest BCUT2D eigenvalue weighted by molar-refractivity contribution is 0.516. The zero-order valence-electron chi connectivity index (χ0n) is 15.1. The highest BCUT2D eigenvalue weighted by atomic mass is 15.3. The van der Waals surface area contributed by atoms with Crippen molar-refractivity contribution in [2.75, 3.05) is 0 Å². The van der Waals surface area contributed by atoms with Crippen LogP contribution < -0.4 is 5.32 Å². The summed E-state index contributed by atoms with van der Waals surface area (Å²) in [6, 6.07) is 19.4. The third-order valence-corrected chi connectivity index (χ3v) is 4.59. The van der Waals surface area contributed by atoms with Crippen LogP contribution >= 0.6 is 0 Å². The maximum atomic E-state index is 4.65. The Balaban J connectivity index is 1.62. The quantitative estimate of drug-likeness (QED) is 0.550. The van der Waals surface area contributed by atoms with E-state index in [-0.39, 0.29) is 6.04 Å². The van der Waals surface area contributed by atoms with Gasteiger partial charge in [-0.2, -0.15) is 5.10 Å². The predicted octanol–water partition coefficient (Wildman–Crippen LogP) is 4.22. The molecule has 26 heavy (non-hydrogen) atoms. The van der Waals surface area contributed by atoms with Gasteiger partial charge in [-0.05, 0) is 43.2 Å². The second-order valence-corrected chi connectivity index (χ2v) is 6.78. The summed E-state index contributed by atoms with van der Waals surface area (Å²) < 4.78 is 1.99. The van der Waals surface area contributed by atoms with Crippen molar-refractivity contribution in [3.63, 3.8) is 0 Å². The molecular formula is C21H23N5. The molecule has 2 aromatic heterocycles. The Kier molecular flexibility index (Phi) is 4.54. The van der Waals surface area contributed by atoms with Gasteiger partial charge < -0.3 is 10.3 Å². The normalized spacial score (nSPS) is 12.7. The summed E-state index contributed by atoms with van der Waals surface area (Å²) in [5, 5.41) is 8.32. The lowest BCUT2D eigenvalue weighted by Gasteiger charge is -2.19. The lowest BCUT2D eigenvalue weighted by Crippen LogP contribution is -2.22. The van der Waals surface area contributed by atoms with Gasteiger partial charge in [-0.25, -0.2) is 4.98 Å². The Morgan fingerprint density at radius 3 is 2.65 bits per heavy atom. The van der Waals surface area contributed by atoms with E-state index in [1.165, 1.54) is 11.1 Å². The van der Waals surface area contributed by atoms with Crippen molar-refractivity contribution in [1.29, 1.82) is 0 Å². The van der Waals surface area contributed by atoms with E-state index in [1.807, 2.05) is 16.9 Å². The van der Waals surface area contributed by atoms with Crippen molar-refractivity contribution in [2.45, 2.75) is 32.5 Å². The molecular weight excluding hydrogens is 322 g/mol. The number of aromatic nitrogens is 4. The molecule has 0 bridgehead atoms. The van der Waals surface area contributed by atoms with Crippen LogP contribution in [0, 0.1) is 0 Å². The number of hydrogen-bond donors (Lipinski definition) is 2. The summed E-state index contributed by atoms with van der Waals surface area (Å²) in [7, 11) is 0. The van der Waals surface area contributed by atoms with E-state index in [0.29, 0.717) is 12.6 Å². The first kappa shape index (κ1) is 16.5. The average Bonchev–Trinajstić information content (AvgIpc) is 3.32. The first-order valence-electron chi connectivity index (χ1n) is 8.96. The molecule has 0 fully saturated rings. The van der Waals surface area contributed by atoms with Gasteiger partial charge in [-0.15, -0.1) is 0 Å². The van der Waals surface area contributed by atoms with Crippen LogP contribution in [0.15, 0.2) is 67.1 Å². The molecule has 2 heterocycles. The maximum Gasteiger partial charge on any atom is 0.0931 e. The zero-order chi connectivity index (χ0) is 17.9. The van der Waals surface area contributed by atoms with E-state index < -0.39 is 0 Å². The van der Waals surface area contributed by atoms with Gasteiger partial charge >= 0.3 is 0 Å². The SMILES string of the molecule is CC(C)n1ccc(CNC(c2ccccc2)c2ccc3nc[nH]c3c2)n1. The van der Waals surface area contributed by atoms with E-state index in [9.17, 15) is 0 Å². The molecule has 0 aliphatic carbocycles. The molecule has 132 valence electrons. The van der Waals surface area contributed by atoms with Gasteiger partial charge in [0.25, 0.3) is 0 Å². The minimum atomic E-state index is 0.0908. The van der Waals surface area contributed by atoms with Crippen LogP contribution in [0.4, 0.5) is 0 Å². The summed E-state index contributed by atoms with van der Waals surface area (Å²) in [5.74, 6) is 0. The fourth-order valence-electron chi connectivity index (χ4n) is 3.17. The van der Waals surface area contributed by atoms with E-state index in [0.717, 1.165) is 16.7 Å². The van der Waals surface area contributed by atoms with E-state index >= 15 is 0 Å². The summed E-state index contributed by atoms with van der Waals surface area (Å²) in [4.78, 5) is 7.52.